The van der Waals surface area contributed by atoms with E-state index in [1.165, 1.54) is 6.26 Å². The van der Waals surface area contributed by atoms with E-state index in [4.69, 9.17) is 18.7 Å². The van der Waals surface area contributed by atoms with Gasteiger partial charge in [0, 0.05) is 0 Å². The first kappa shape index (κ1) is 13.5. The molecule has 21 heavy (non-hydrogen) atoms. The quantitative estimate of drug-likeness (QED) is 0.399. The van der Waals surface area contributed by atoms with Crippen LogP contribution < -0.4 is 0 Å². The summed E-state index contributed by atoms with van der Waals surface area (Å²) in [5, 5.41) is 21.1. The third-order valence-corrected chi connectivity index (χ3v) is 3.91. The fourth-order valence-corrected chi connectivity index (χ4v) is 2.98. The predicted molar refractivity (Wildman–Crippen MR) is 68.5 cm³/mol. The van der Waals surface area contributed by atoms with Gasteiger partial charge in [0.1, 0.15) is 11.7 Å². The molecule has 2 unspecified atom stereocenters. The van der Waals surface area contributed by atoms with E-state index in [1.807, 2.05) is 0 Å². The topological polar surface area (TPSA) is 116 Å². The average Bonchev–Trinajstić information content (AvgIpc) is 2.98. The molecule has 8 nitrogen and oxygen atoms in total. The second-order valence-electron chi connectivity index (χ2n) is 5.08. The number of carbonyl (C=O) groups is 1. The summed E-state index contributed by atoms with van der Waals surface area (Å²) in [5.74, 6) is -0.176. The van der Waals surface area contributed by atoms with Crippen molar-refractivity contribution in [2.24, 2.45) is 0 Å². The van der Waals surface area contributed by atoms with Crippen molar-refractivity contribution in [3.05, 3.63) is 34.3 Å². The van der Waals surface area contributed by atoms with Gasteiger partial charge in [0.2, 0.25) is 0 Å². The lowest BCUT2D eigenvalue weighted by molar-refractivity contribution is -0.631. The Balaban J connectivity index is 2.05. The van der Waals surface area contributed by atoms with Crippen LogP contribution in [0, 0.1) is 10.1 Å². The van der Waals surface area contributed by atoms with Gasteiger partial charge in [-0.2, -0.15) is 0 Å². The van der Waals surface area contributed by atoms with E-state index in [9.17, 15) is 14.9 Å². The van der Waals surface area contributed by atoms with Crippen LogP contribution in [0.2, 0.25) is 0 Å². The molecular formula is C13H13NO7. The monoisotopic (exact) mass is 295 g/mol. The summed E-state index contributed by atoms with van der Waals surface area (Å²) in [4.78, 5) is 21.7. The van der Waals surface area contributed by atoms with Crippen molar-refractivity contribution in [1.29, 1.82) is 0 Å². The van der Waals surface area contributed by atoms with Gasteiger partial charge in [0.25, 0.3) is 5.78 Å². The molecule has 1 saturated carbocycles. The molecule has 1 N–H and O–H groups in total. The van der Waals surface area contributed by atoms with Crippen LogP contribution >= 0.6 is 0 Å². The highest BCUT2D eigenvalue weighted by molar-refractivity contribution is 5.72. The zero-order chi connectivity index (χ0) is 15.0. The van der Waals surface area contributed by atoms with E-state index in [2.05, 4.69) is 0 Å². The van der Waals surface area contributed by atoms with E-state index in [1.54, 1.807) is 12.1 Å². The highest BCUT2D eigenvalue weighted by atomic mass is 16.7. The molecule has 3 rings (SSSR count). The van der Waals surface area contributed by atoms with Crippen LogP contribution in [0.4, 0.5) is 4.79 Å². The molecule has 8 heteroatoms. The van der Waals surface area contributed by atoms with Crippen molar-refractivity contribution in [1.82, 2.24) is 0 Å². The molecule has 0 bridgehead atoms. The lowest BCUT2D eigenvalue weighted by Crippen LogP contribution is -2.49. The summed E-state index contributed by atoms with van der Waals surface area (Å²) in [6, 6.07) is 3.31. The maximum Gasteiger partial charge on any atom is 0.511 e. The Morgan fingerprint density at radius 1 is 1.52 bits per heavy atom. The minimum absolute atomic E-state index is 0.0268. The van der Waals surface area contributed by atoms with Gasteiger partial charge in [-0.15, -0.1) is 0 Å². The second-order valence-corrected chi connectivity index (χ2v) is 5.08. The van der Waals surface area contributed by atoms with Crippen LogP contribution in [0.1, 0.15) is 37.4 Å². The normalized spacial score (nSPS) is 25.8. The van der Waals surface area contributed by atoms with E-state index in [0.717, 1.165) is 6.42 Å². The number of ether oxygens (including phenoxy) is 1. The molecule has 0 amide bonds. The molecule has 2 heterocycles. The summed E-state index contributed by atoms with van der Waals surface area (Å²) in [5.41, 5.74) is -2.00. The number of nitrogens with zero attached hydrogens (tertiary/aromatic N) is 1. The zero-order valence-electron chi connectivity index (χ0n) is 11.0. The lowest BCUT2D eigenvalue weighted by atomic mass is 9.79. The molecule has 1 aliphatic rings. The third-order valence-electron chi connectivity index (χ3n) is 3.91. The standard InChI is InChI=1S/C13H13NO7/c15-12(16)21-13(14(17)18)5-2-1-3-9(13)10-7-8-4-6-19-11(8)20-10/h4,6-7,9H,1-3,5H2,(H,15,16). The van der Waals surface area contributed by atoms with E-state index in [-0.39, 0.29) is 12.2 Å². The third kappa shape index (κ3) is 2.12. The molecule has 0 aliphatic heterocycles. The summed E-state index contributed by atoms with van der Waals surface area (Å²) >= 11 is 0. The number of hydrogen-bond donors (Lipinski definition) is 1. The van der Waals surface area contributed by atoms with E-state index in [0.29, 0.717) is 24.0 Å². The highest BCUT2D eigenvalue weighted by Crippen LogP contribution is 2.45. The van der Waals surface area contributed by atoms with Crippen LogP contribution in [0.15, 0.2) is 27.2 Å². The van der Waals surface area contributed by atoms with Gasteiger partial charge in [0.15, 0.2) is 0 Å². The highest BCUT2D eigenvalue weighted by Gasteiger charge is 2.57. The summed E-state index contributed by atoms with van der Waals surface area (Å²) < 4.78 is 15.3. The lowest BCUT2D eigenvalue weighted by Gasteiger charge is -2.33. The predicted octanol–water partition coefficient (Wildman–Crippen LogP) is 3.35. The summed E-state index contributed by atoms with van der Waals surface area (Å²) in [6.07, 6.45) is 1.51. The van der Waals surface area contributed by atoms with E-state index < -0.39 is 22.7 Å². The largest absolute Gasteiger partial charge is 0.511 e. The van der Waals surface area contributed by atoms with Crippen molar-refractivity contribution < 1.29 is 28.4 Å². The molecule has 2 aromatic rings. The molecule has 0 aromatic carbocycles. The summed E-state index contributed by atoms with van der Waals surface area (Å²) in [7, 11) is 0. The van der Waals surface area contributed by atoms with Crippen molar-refractivity contribution in [3.63, 3.8) is 0 Å². The van der Waals surface area contributed by atoms with Crippen LogP contribution in [0.3, 0.4) is 0 Å². The number of carboxylic acid groups (broad SMARTS) is 1. The number of fused-ring (bicyclic) bond motifs is 1. The van der Waals surface area contributed by atoms with Crippen LogP contribution in [0.5, 0.6) is 0 Å². The summed E-state index contributed by atoms with van der Waals surface area (Å²) in [6.45, 7) is 0. The Morgan fingerprint density at radius 3 is 3.00 bits per heavy atom. The average molecular weight is 295 g/mol. The van der Waals surface area contributed by atoms with E-state index >= 15 is 0 Å². The van der Waals surface area contributed by atoms with Crippen LogP contribution in [-0.2, 0) is 4.74 Å². The molecule has 2 aromatic heterocycles. The van der Waals surface area contributed by atoms with Gasteiger partial charge in [-0.05, 0) is 25.0 Å². The first-order chi connectivity index (χ1) is 10.0. The van der Waals surface area contributed by atoms with Crippen molar-refractivity contribution >= 4 is 17.3 Å². The number of hydrogen-bond acceptors (Lipinski definition) is 6. The van der Waals surface area contributed by atoms with Gasteiger partial charge < -0.3 is 18.7 Å². The zero-order valence-corrected chi connectivity index (χ0v) is 11.0. The van der Waals surface area contributed by atoms with Gasteiger partial charge in [0.05, 0.1) is 23.0 Å². The van der Waals surface area contributed by atoms with Crippen molar-refractivity contribution in [3.8, 4) is 0 Å². The maximum atomic E-state index is 11.5. The minimum atomic E-state index is -2.00. The maximum absolute atomic E-state index is 11.5. The van der Waals surface area contributed by atoms with Gasteiger partial charge in [-0.3, -0.25) is 10.1 Å². The van der Waals surface area contributed by atoms with Gasteiger partial charge >= 0.3 is 11.9 Å². The Bertz CT molecular complexity index is 659. The van der Waals surface area contributed by atoms with Gasteiger partial charge in [-0.25, -0.2) is 4.79 Å². The minimum Gasteiger partial charge on any atom is -0.450 e. The van der Waals surface area contributed by atoms with Crippen molar-refractivity contribution in [2.45, 2.75) is 37.3 Å². The number of rotatable bonds is 3. The molecule has 0 spiro atoms. The Labute approximate surface area is 118 Å². The Hall–Kier alpha value is -2.51. The SMILES string of the molecule is O=C(O)OC1([N+](=O)[O-])CCCCC1c1cc2ccoc2o1. The van der Waals surface area contributed by atoms with Crippen LogP contribution in [-0.4, -0.2) is 21.9 Å². The second kappa shape index (κ2) is 4.80. The molecular weight excluding hydrogens is 282 g/mol. The number of nitro groups is 1. The first-order valence-electron chi connectivity index (χ1n) is 6.56. The first-order valence-corrected chi connectivity index (χ1v) is 6.56. The molecule has 2 atom stereocenters. The Kier molecular flexibility index (Phi) is 3.08. The molecule has 112 valence electrons. The molecule has 0 radical (unpaired) electrons. The number of furan rings is 2. The smallest absolute Gasteiger partial charge is 0.450 e. The van der Waals surface area contributed by atoms with Crippen molar-refractivity contribution in [2.75, 3.05) is 0 Å². The van der Waals surface area contributed by atoms with Gasteiger partial charge in [-0.1, -0.05) is 6.42 Å². The fraction of sp³-hybridized carbons (Fsp3) is 0.462. The molecule has 1 aliphatic carbocycles. The fourth-order valence-electron chi connectivity index (χ4n) is 2.98. The molecule has 1 fully saturated rings. The Morgan fingerprint density at radius 2 is 2.33 bits per heavy atom. The van der Waals surface area contributed by atoms with Crippen LogP contribution in [0.25, 0.3) is 11.2 Å². The molecule has 0 saturated heterocycles.